The molecular weight excluding hydrogens is 360 g/mol. The summed E-state index contributed by atoms with van der Waals surface area (Å²) < 4.78 is 0. The second-order valence-electron chi connectivity index (χ2n) is 7.04. The number of likely N-dealkylation sites (tertiary alicyclic amines) is 1. The molecule has 0 radical (unpaired) electrons. The number of nitrogens with one attached hydrogen (secondary N) is 1. The third kappa shape index (κ3) is 4.66. The van der Waals surface area contributed by atoms with E-state index in [1.54, 1.807) is 23.9 Å². The number of carbonyl (C=O) groups is 2. The third-order valence-electron chi connectivity index (χ3n) is 4.84. The van der Waals surface area contributed by atoms with Gasteiger partial charge < -0.3 is 15.1 Å². The number of carbonyl (C=O) groups excluding carboxylic acids is 2. The van der Waals surface area contributed by atoms with Gasteiger partial charge in [-0.3, -0.25) is 4.79 Å². The van der Waals surface area contributed by atoms with E-state index in [0.717, 1.165) is 30.5 Å². The van der Waals surface area contributed by atoms with Gasteiger partial charge in [0.1, 0.15) is 0 Å². The molecule has 2 heterocycles. The number of urea groups is 1. The monoisotopic (exact) mass is 386 g/mol. The molecule has 0 spiro atoms. The van der Waals surface area contributed by atoms with Crippen LogP contribution in [-0.4, -0.2) is 53.9 Å². The first-order chi connectivity index (χ1) is 13.0. The minimum atomic E-state index is -0.196. The Hall–Kier alpha value is -2.41. The van der Waals surface area contributed by atoms with Crippen molar-refractivity contribution in [3.8, 4) is 11.3 Å². The van der Waals surface area contributed by atoms with E-state index in [4.69, 9.17) is 0 Å². The number of aryl methyl sites for hydroxylation is 1. The van der Waals surface area contributed by atoms with E-state index in [1.807, 2.05) is 5.38 Å². The van der Waals surface area contributed by atoms with Crippen molar-refractivity contribution < 1.29 is 9.59 Å². The number of anilines is 1. The van der Waals surface area contributed by atoms with E-state index in [2.05, 4.69) is 41.5 Å². The lowest BCUT2D eigenvalue weighted by Gasteiger charge is -2.33. The Kier molecular flexibility index (Phi) is 6.11. The van der Waals surface area contributed by atoms with Crippen LogP contribution in [0.25, 0.3) is 11.3 Å². The highest BCUT2D eigenvalue weighted by molar-refractivity contribution is 7.14. The van der Waals surface area contributed by atoms with Crippen LogP contribution in [0.4, 0.5) is 9.93 Å². The average molecular weight is 387 g/mol. The second-order valence-corrected chi connectivity index (χ2v) is 7.90. The van der Waals surface area contributed by atoms with Gasteiger partial charge in [-0.2, -0.15) is 0 Å². The molecular formula is C20H26N4O2S. The first-order valence-electron chi connectivity index (χ1n) is 9.30. The lowest BCUT2D eigenvalue weighted by atomic mass is 9.97. The first kappa shape index (κ1) is 19.4. The molecule has 27 heavy (non-hydrogen) atoms. The van der Waals surface area contributed by atoms with Crippen molar-refractivity contribution in [2.75, 3.05) is 32.5 Å². The fourth-order valence-electron chi connectivity index (χ4n) is 3.23. The Morgan fingerprint density at radius 1 is 1.30 bits per heavy atom. The van der Waals surface area contributed by atoms with Gasteiger partial charge in [-0.05, 0) is 24.8 Å². The molecule has 0 unspecified atom stereocenters. The molecule has 1 aromatic carbocycles. The Morgan fingerprint density at radius 3 is 2.70 bits per heavy atom. The number of nitrogens with zero attached hydrogens (tertiary/aromatic N) is 3. The first-order valence-corrected chi connectivity index (χ1v) is 10.2. The van der Waals surface area contributed by atoms with Crippen molar-refractivity contribution in [2.24, 2.45) is 5.92 Å². The fourth-order valence-corrected chi connectivity index (χ4v) is 3.95. The maximum Gasteiger partial charge on any atom is 0.319 e. The molecule has 1 atom stereocenters. The number of aromatic nitrogens is 1. The molecule has 3 rings (SSSR count). The molecule has 1 fully saturated rings. The van der Waals surface area contributed by atoms with Crippen molar-refractivity contribution in [3.63, 3.8) is 0 Å². The summed E-state index contributed by atoms with van der Waals surface area (Å²) >= 11 is 1.43. The number of hydrogen-bond acceptors (Lipinski definition) is 4. The highest BCUT2D eigenvalue weighted by atomic mass is 32.1. The van der Waals surface area contributed by atoms with Crippen molar-refractivity contribution >= 4 is 28.4 Å². The van der Waals surface area contributed by atoms with Gasteiger partial charge in [-0.1, -0.05) is 31.2 Å². The maximum absolute atomic E-state index is 12.6. The molecule has 1 aliphatic rings. The maximum atomic E-state index is 12.6. The Bertz CT molecular complexity index is 801. The van der Waals surface area contributed by atoms with Crippen LogP contribution in [0.15, 0.2) is 29.6 Å². The van der Waals surface area contributed by atoms with Gasteiger partial charge >= 0.3 is 6.03 Å². The van der Waals surface area contributed by atoms with E-state index in [9.17, 15) is 9.59 Å². The molecule has 2 aromatic rings. The predicted octanol–water partition coefficient (Wildman–Crippen LogP) is 3.70. The lowest BCUT2D eigenvalue weighted by molar-refractivity contribution is -0.121. The molecule has 6 nitrogen and oxygen atoms in total. The standard InChI is InChI=1S/C20H26N4O2S/c1-4-14-7-9-15(10-8-14)17-13-27-19(21-17)22-18(25)16-6-5-11-24(12-16)20(26)23(2)3/h7-10,13,16H,4-6,11-12H2,1-3H3,(H,21,22,25)/t16-/m1/s1. The summed E-state index contributed by atoms with van der Waals surface area (Å²) in [6.07, 6.45) is 2.64. The van der Waals surface area contributed by atoms with Crippen molar-refractivity contribution in [1.82, 2.24) is 14.8 Å². The summed E-state index contributed by atoms with van der Waals surface area (Å²) in [5.74, 6) is -0.257. The Morgan fingerprint density at radius 2 is 2.04 bits per heavy atom. The summed E-state index contributed by atoms with van der Waals surface area (Å²) in [5.41, 5.74) is 3.20. The number of hydrogen-bond donors (Lipinski definition) is 1. The molecule has 0 bridgehead atoms. The van der Waals surface area contributed by atoms with E-state index < -0.39 is 0 Å². The van der Waals surface area contributed by atoms with Gasteiger partial charge in [0, 0.05) is 38.1 Å². The largest absolute Gasteiger partial charge is 0.331 e. The van der Waals surface area contributed by atoms with Crippen LogP contribution in [0.3, 0.4) is 0 Å². The summed E-state index contributed by atoms with van der Waals surface area (Å²) in [7, 11) is 3.46. The summed E-state index contributed by atoms with van der Waals surface area (Å²) in [5, 5.41) is 5.49. The SMILES string of the molecule is CCc1ccc(-c2csc(NC(=O)[C@@H]3CCCN(C(=O)N(C)C)C3)n2)cc1. The van der Waals surface area contributed by atoms with Crippen molar-refractivity contribution in [2.45, 2.75) is 26.2 Å². The zero-order chi connectivity index (χ0) is 19.4. The van der Waals surface area contributed by atoms with Gasteiger partial charge in [-0.15, -0.1) is 11.3 Å². The minimum Gasteiger partial charge on any atom is -0.331 e. The van der Waals surface area contributed by atoms with E-state index >= 15 is 0 Å². The van der Waals surface area contributed by atoms with Crippen LogP contribution in [-0.2, 0) is 11.2 Å². The van der Waals surface area contributed by atoms with Gasteiger partial charge in [0.2, 0.25) is 5.91 Å². The summed E-state index contributed by atoms with van der Waals surface area (Å²) in [4.78, 5) is 32.6. The number of amides is 3. The van der Waals surface area contributed by atoms with Crippen LogP contribution >= 0.6 is 11.3 Å². The molecule has 3 amide bonds. The summed E-state index contributed by atoms with van der Waals surface area (Å²) in [6.45, 7) is 3.29. The van der Waals surface area contributed by atoms with E-state index in [0.29, 0.717) is 18.2 Å². The minimum absolute atomic E-state index is 0.0421. The van der Waals surface area contributed by atoms with Gasteiger partial charge in [0.25, 0.3) is 0 Å². The van der Waals surface area contributed by atoms with E-state index in [-0.39, 0.29) is 17.9 Å². The number of rotatable bonds is 4. The molecule has 7 heteroatoms. The normalized spacial score (nSPS) is 16.9. The van der Waals surface area contributed by atoms with Crippen LogP contribution in [0, 0.1) is 5.92 Å². The van der Waals surface area contributed by atoms with Crippen molar-refractivity contribution in [3.05, 3.63) is 35.2 Å². The smallest absolute Gasteiger partial charge is 0.319 e. The van der Waals surface area contributed by atoms with Crippen LogP contribution in [0.2, 0.25) is 0 Å². The van der Waals surface area contributed by atoms with Gasteiger partial charge in [-0.25, -0.2) is 9.78 Å². The van der Waals surface area contributed by atoms with E-state index in [1.165, 1.54) is 16.9 Å². The van der Waals surface area contributed by atoms with Crippen LogP contribution in [0.1, 0.15) is 25.3 Å². The highest BCUT2D eigenvalue weighted by Gasteiger charge is 2.29. The van der Waals surface area contributed by atoms with Crippen molar-refractivity contribution in [1.29, 1.82) is 0 Å². The topological polar surface area (TPSA) is 65.5 Å². The molecule has 1 aliphatic heterocycles. The molecule has 0 aliphatic carbocycles. The quantitative estimate of drug-likeness (QED) is 0.871. The molecule has 1 N–H and O–H groups in total. The zero-order valence-electron chi connectivity index (χ0n) is 16.1. The fraction of sp³-hybridized carbons (Fsp3) is 0.450. The second kappa shape index (κ2) is 8.52. The summed E-state index contributed by atoms with van der Waals surface area (Å²) in [6, 6.07) is 8.28. The molecule has 0 saturated carbocycles. The predicted molar refractivity (Wildman–Crippen MR) is 109 cm³/mol. The zero-order valence-corrected chi connectivity index (χ0v) is 16.9. The number of thiazole rings is 1. The number of benzene rings is 1. The average Bonchev–Trinajstić information content (AvgIpc) is 3.16. The third-order valence-corrected chi connectivity index (χ3v) is 5.60. The Balaban J connectivity index is 1.62. The molecule has 1 aromatic heterocycles. The lowest BCUT2D eigenvalue weighted by Crippen LogP contribution is -2.47. The van der Waals surface area contributed by atoms with Crippen LogP contribution < -0.4 is 5.32 Å². The molecule has 144 valence electrons. The van der Waals surface area contributed by atoms with Crippen LogP contribution in [0.5, 0.6) is 0 Å². The number of piperidine rings is 1. The highest BCUT2D eigenvalue weighted by Crippen LogP contribution is 2.26. The molecule has 1 saturated heterocycles. The van der Waals surface area contributed by atoms with Gasteiger partial charge in [0.05, 0.1) is 11.6 Å². The Labute approximate surface area is 164 Å². The van der Waals surface area contributed by atoms with Gasteiger partial charge in [0.15, 0.2) is 5.13 Å².